The number of esters is 1. The van der Waals surface area contributed by atoms with Crippen molar-refractivity contribution in [2.24, 2.45) is 0 Å². The number of fused-ring (bicyclic) bond motifs is 2. The number of benzene rings is 2. The summed E-state index contributed by atoms with van der Waals surface area (Å²) < 4.78 is 6.33. The van der Waals surface area contributed by atoms with E-state index in [2.05, 4.69) is 11.4 Å². The van der Waals surface area contributed by atoms with Crippen molar-refractivity contribution in [1.82, 2.24) is 5.32 Å². The van der Waals surface area contributed by atoms with Crippen LogP contribution in [0.4, 0.5) is 0 Å². The van der Waals surface area contributed by atoms with Gasteiger partial charge in [0.25, 0.3) is 5.91 Å². The van der Waals surface area contributed by atoms with E-state index in [0.29, 0.717) is 9.90 Å². The normalized spacial score (nSPS) is 17.0. The first-order valence-electron chi connectivity index (χ1n) is 9.31. The minimum Gasteiger partial charge on any atom is -0.448 e. The maximum absolute atomic E-state index is 12.6. The van der Waals surface area contributed by atoms with Crippen molar-refractivity contribution in [1.29, 1.82) is 0 Å². The van der Waals surface area contributed by atoms with Gasteiger partial charge in [0, 0.05) is 10.1 Å². The molecule has 3 aromatic rings. The Balaban J connectivity index is 1.45. The molecule has 4 nitrogen and oxygen atoms in total. The fourth-order valence-corrected chi connectivity index (χ4v) is 5.00. The number of thiophene rings is 1. The van der Waals surface area contributed by atoms with E-state index in [0.717, 1.165) is 34.9 Å². The van der Waals surface area contributed by atoms with Crippen LogP contribution in [0.1, 0.15) is 46.6 Å². The molecule has 0 radical (unpaired) electrons. The number of halogens is 1. The maximum Gasteiger partial charge on any atom is 0.350 e. The lowest BCUT2D eigenvalue weighted by Gasteiger charge is -2.27. The van der Waals surface area contributed by atoms with Crippen molar-refractivity contribution in [3.05, 3.63) is 69.6 Å². The molecule has 0 saturated heterocycles. The van der Waals surface area contributed by atoms with Crippen LogP contribution >= 0.6 is 22.9 Å². The van der Waals surface area contributed by atoms with Gasteiger partial charge in [0.05, 0.1) is 11.1 Å². The summed E-state index contributed by atoms with van der Waals surface area (Å²) in [6, 6.07) is 15.6. The fraction of sp³-hybridized carbons (Fsp3) is 0.273. The topological polar surface area (TPSA) is 55.4 Å². The molecular weight excluding hydrogens is 394 g/mol. The van der Waals surface area contributed by atoms with E-state index in [1.54, 1.807) is 6.92 Å². The van der Waals surface area contributed by atoms with Crippen LogP contribution in [-0.4, -0.2) is 18.0 Å². The summed E-state index contributed by atoms with van der Waals surface area (Å²) in [5.41, 5.74) is 2.41. The van der Waals surface area contributed by atoms with Crippen molar-refractivity contribution in [3.63, 3.8) is 0 Å². The van der Waals surface area contributed by atoms with Gasteiger partial charge in [0.2, 0.25) is 0 Å². The first-order chi connectivity index (χ1) is 13.5. The van der Waals surface area contributed by atoms with E-state index in [1.807, 2.05) is 42.5 Å². The Kier molecular flexibility index (Phi) is 5.38. The molecular formula is C22H20ClNO3S. The lowest BCUT2D eigenvalue weighted by Crippen LogP contribution is -2.39. The summed E-state index contributed by atoms with van der Waals surface area (Å²) >= 11 is 7.61. The SMILES string of the molecule is C[C@H](OC(=O)c1sc2ccccc2c1Cl)C(=O)N[C@H]1CCCc2ccccc21. The average Bonchev–Trinajstić information content (AvgIpc) is 3.05. The zero-order chi connectivity index (χ0) is 19.7. The molecule has 0 aliphatic heterocycles. The molecule has 0 spiro atoms. The van der Waals surface area contributed by atoms with Gasteiger partial charge in [0.15, 0.2) is 6.10 Å². The molecule has 0 saturated carbocycles. The quantitative estimate of drug-likeness (QED) is 0.591. The van der Waals surface area contributed by atoms with Crippen molar-refractivity contribution in [2.45, 2.75) is 38.3 Å². The van der Waals surface area contributed by atoms with E-state index in [9.17, 15) is 9.59 Å². The number of aryl methyl sites for hydroxylation is 1. The van der Waals surface area contributed by atoms with Crippen LogP contribution in [0, 0.1) is 0 Å². The Morgan fingerprint density at radius 1 is 1.18 bits per heavy atom. The molecule has 2 atom stereocenters. The van der Waals surface area contributed by atoms with Crippen LogP contribution < -0.4 is 5.32 Å². The Morgan fingerprint density at radius 2 is 1.93 bits per heavy atom. The van der Waals surface area contributed by atoms with Crippen LogP contribution in [0.5, 0.6) is 0 Å². The number of ether oxygens (including phenoxy) is 1. The molecule has 1 heterocycles. The summed E-state index contributed by atoms with van der Waals surface area (Å²) in [6.07, 6.45) is 2.03. The number of rotatable bonds is 4. The highest BCUT2D eigenvalue weighted by molar-refractivity contribution is 7.21. The fourth-order valence-electron chi connectivity index (χ4n) is 3.61. The van der Waals surface area contributed by atoms with Crippen molar-refractivity contribution >= 4 is 44.9 Å². The van der Waals surface area contributed by atoms with Crippen molar-refractivity contribution in [2.75, 3.05) is 0 Å². The summed E-state index contributed by atoms with van der Waals surface area (Å²) in [5, 5.41) is 4.22. The van der Waals surface area contributed by atoms with Gasteiger partial charge in [-0.2, -0.15) is 0 Å². The summed E-state index contributed by atoms with van der Waals surface area (Å²) in [4.78, 5) is 25.5. The molecule has 1 aliphatic rings. The van der Waals surface area contributed by atoms with Crippen molar-refractivity contribution in [3.8, 4) is 0 Å². The molecule has 1 amide bonds. The molecule has 2 aromatic carbocycles. The lowest BCUT2D eigenvalue weighted by atomic mass is 9.87. The number of nitrogens with one attached hydrogen (secondary N) is 1. The predicted octanol–water partition coefficient (Wildman–Crippen LogP) is 5.29. The molecule has 4 rings (SSSR count). The predicted molar refractivity (Wildman–Crippen MR) is 112 cm³/mol. The van der Waals surface area contributed by atoms with Crippen LogP contribution in [0.15, 0.2) is 48.5 Å². The van der Waals surface area contributed by atoms with Gasteiger partial charge in [-0.1, -0.05) is 54.1 Å². The van der Waals surface area contributed by atoms with Crippen LogP contribution in [0.3, 0.4) is 0 Å². The zero-order valence-electron chi connectivity index (χ0n) is 15.4. The first kappa shape index (κ1) is 19.0. The van der Waals surface area contributed by atoms with E-state index >= 15 is 0 Å². The van der Waals surface area contributed by atoms with E-state index in [1.165, 1.54) is 16.9 Å². The maximum atomic E-state index is 12.6. The molecule has 6 heteroatoms. The number of hydrogen-bond donors (Lipinski definition) is 1. The molecule has 1 aromatic heterocycles. The van der Waals surface area contributed by atoms with Gasteiger partial charge in [-0.15, -0.1) is 11.3 Å². The number of amides is 1. The minimum atomic E-state index is -0.900. The van der Waals surface area contributed by atoms with Crippen LogP contribution in [0.25, 0.3) is 10.1 Å². The smallest absolute Gasteiger partial charge is 0.350 e. The molecule has 144 valence electrons. The third-order valence-electron chi connectivity index (χ3n) is 5.06. The highest BCUT2D eigenvalue weighted by atomic mass is 35.5. The second-order valence-electron chi connectivity index (χ2n) is 6.94. The molecule has 0 fully saturated rings. The van der Waals surface area contributed by atoms with E-state index < -0.39 is 12.1 Å². The van der Waals surface area contributed by atoms with Gasteiger partial charge in [-0.25, -0.2) is 4.79 Å². The number of hydrogen-bond acceptors (Lipinski definition) is 4. The van der Waals surface area contributed by atoms with Crippen molar-refractivity contribution < 1.29 is 14.3 Å². The Hall–Kier alpha value is -2.37. The van der Waals surface area contributed by atoms with Crippen LogP contribution in [0.2, 0.25) is 5.02 Å². The lowest BCUT2D eigenvalue weighted by molar-refractivity contribution is -0.130. The number of carbonyl (C=O) groups is 2. The Morgan fingerprint density at radius 3 is 2.75 bits per heavy atom. The van der Waals surface area contributed by atoms with E-state index in [4.69, 9.17) is 16.3 Å². The molecule has 0 bridgehead atoms. The van der Waals surface area contributed by atoms with E-state index in [-0.39, 0.29) is 11.9 Å². The second-order valence-corrected chi connectivity index (χ2v) is 8.37. The van der Waals surface area contributed by atoms with Gasteiger partial charge >= 0.3 is 5.97 Å². The van der Waals surface area contributed by atoms with Gasteiger partial charge in [0.1, 0.15) is 4.88 Å². The average molecular weight is 414 g/mol. The zero-order valence-corrected chi connectivity index (χ0v) is 17.0. The molecule has 28 heavy (non-hydrogen) atoms. The van der Waals surface area contributed by atoms with Gasteiger partial charge < -0.3 is 10.1 Å². The standard InChI is InChI=1S/C22H20ClNO3S/c1-13(21(25)24-17-11-6-8-14-7-2-3-9-15(14)17)27-22(26)20-19(23)16-10-4-5-12-18(16)28-20/h2-5,7,9-10,12-13,17H,6,8,11H2,1H3,(H,24,25)/t13-,17-/m0/s1. The molecule has 0 unspecified atom stereocenters. The third-order valence-corrected chi connectivity index (χ3v) is 6.71. The molecule has 1 aliphatic carbocycles. The summed E-state index contributed by atoms with van der Waals surface area (Å²) in [6.45, 7) is 1.59. The monoisotopic (exact) mass is 413 g/mol. The summed E-state index contributed by atoms with van der Waals surface area (Å²) in [7, 11) is 0. The second kappa shape index (κ2) is 7.94. The minimum absolute atomic E-state index is 0.0495. The largest absolute Gasteiger partial charge is 0.448 e. The Bertz CT molecular complexity index is 1050. The highest BCUT2D eigenvalue weighted by Gasteiger charge is 2.27. The molecule has 1 N–H and O–H groups in total. The summed E-state index contributed by atoms with van der Waals surface area (Å²) in [5.74, 6) is -0.870. The first-order valence-corrected chi connectivity index (χ1v) is 10.5. The number of carbonyl (C=O) groups excluding carboxylic acids is 2. The highest BCUT2D eigenvalue weighted by Crippen LogP contribution is 2.36. The third kappa shape index (κ3) is 3.64. The van der Waals surface area contributed by atoms with Crippen LogP contribution in [-0.2, 0) is 16.0 Å². The Labute approximate surface area is 172 Å². The van der Waals surface area contributed by atoms with Gasteiger partial charge in [-0.3, -0.25) is 4.79 Å². The van der Waals surface area contributed by atoms with Gasteiger partial charge in [-0.05, 0) is 43.4 Å².